The fourth-order valence-corrected chi connectivity index (χ4v) is 1.55. The minimum absolute atomic E-state index is 0.00817. The SMILES string of the molecule is COc1nc(OC)nc(Oc2cccc(CC(=O)O)c2)n1. The molecule has 1 aromatic carbocycles. The number of benzene rings is 1. The predicted molar refractivity (Wildman–Crippen MR) is 70.8 cm³/mol. The van der Waals surface area contributed by atoms with E-state index < -0.39 is 5.97 Å². The van der Waals surface area contributed by atoms with Crippen molar-refractivity contribution in [2.45, 2.75) is 6.42 Å². The maximum Gasteiger partial charge on any atom is 0.331 e. The normalized spacial score (nSPS) is 10.0. The van der Waals surface area contributed by atoms with Crippen molar-refractivity contribution in [3.8, 4) is 23.8 Å². The second-order valence-corrected chi connectivity index (χ2v) is 3.91. The van der Waals surface area contributed by atoms with E-state index in [0.717, 1.165) is 0 Å². The Hall–Kier alpha value is -2.90. The van der Waals surface area contributed by atoms with Gasteiger partial charge in [-0.2, -0.15) is 0 Å². The van der Waals surface area contributed by atoms with Gasteiger partial charge < -0.3 is 19.3 Å². The molecule has 0 atom stereocenters. The van der Waals surface area contributed by atoms with Crippen molar-refractivity contribution in [1.29, 1.82) is 0 Å². The van der Waals surface area contributed by atoms with Gasteiger partial charge in [0.1, 0.15) is 5.75 Å². The molecule has 0 unspecified atom stereocenters. The zero-order chi connectivity index (χ0) is 15.2. The Labute approximate surface area is 120 Å². The molecule has 0 radical (unpaired) electrons. The Bertz CT molecular complexity index is 625. The standard InChI is InChI=1S/C13H13N3O5/c1-19-11-14-12(20-2)16-13(15-11)21-9-5-3-4-8(6-9)7-10(17)18/h3-6H,7H2,1-2H3,(H,17,18). The highest BCUT2D eigenvalue weighted by molar-refractivity contribution is 5.70. The van der Waals surface area contributed by atoms with Gasteiger partial charge in [0.15, 0.2) is 0 Å². The number of carboxylic acid groups (broad SMARTS) is 1. The van der Waals surface area contributed by atoms with Gasteiger partial charge >= 0.3 is 24.0 Å². The molecular formula is C13H13N3O5. The summed E-state index contributed by atoms with van der Waals surface area (Å²) in [5, 5.41) is 8.78. The minimum atomic E-state index is -0.921. The molecule has 110 valence electrons. The summed E-state index contributed by atoms with van der Waals surface area (Å²) in [5.41, 5.74) is 0.605. The van der Waals surface area contributed by atoms with E-state index in [0.29, 0.717) is 11.3 Å². The predicted octanol–water partition coefficient (Wildman–Crippen LogP) is 1.31. The number of hydrogen-bond acceptors (Lipinski definition) is 7. The van der Waals surface area contributed by atoms with Gasteiger partial charge in [0.25, 0.3) is 0 Å². The quantitative estimate of drug-likeness (QED) is 0.849. The lowest BCUT2D eigenvalue weighted by Crippen LogP contribution is -2.02. The molecule has 0 aliphatic heterocycles. The molecule has 0 fully saturated rings. The van der Waals surface area contributed by atoms with E-state index in [1.165, 1.54) is 14.2 Å². The van der Waals surface area contributed by atoms with Gasteiger partial charge in [0.2, 0.25) is 0 Å². The van der Waals surface area contributed by atoms with Crippen LogP contribution in [0, 0.1) is 0 Å². The van der Waals surface area contributed by atoms with E-state index in [4.69, 9.17) is 19.3 Å². The van der Waals surface area contributed by atoms with E-state index >= 15 is 0 Å². The van der Waals surface area contributed by atoms with Gasteiger partial charge in [-0.3, -0.25) is 4.79 Å². The summed E-state index contributed by atoms with van der Waals surface area (Å²) in [6.07, 6.45) is -0.0962. The number of rotatable bonds is 6. The molecule has 0 bridgehead atoms. The van der Waals surface area contributed by atoms with Crippen LogP contribution in [-0.4, -0.2) is 40.2 Å². The van der Waals surface area contributed by atoms with Gasteiger partial charge in [-0.1, -0.05) is 12.1 Å². The zero-order valence-electron chi connectivity index (χ0n) is 11.4. The maximum absolute atomic E-state index is 10.7. The van der Waals surface area contributed by atoms with Crippen molar-refractivity contribution >= 4 is 5.97 Å². The van der Waals surface area contributed by atoms with Crippen molar-refractivity contribution in [3.63, 3.8) is 0 Å². The van der Waals surface area contributed by atoms with E-state index in [2.05, 4.69) is 15.0 Å². The third-order valence-electron chi connectivity index (χ3n) is 2.40. The molecular weight excluding hydrogens is 278 g/mol. The van der Waals surface area contributed by atoms with Gasteiger partial charge in [0.05, 0.1) is 20.6 Å². The average molecular weight is 291 g/mol. The van der Waals surface area contributed by atoms with Crippen molar-refractivity contribution in [1.82, 2.24) is 15.0 Å². The highest BCUT2D eigenvalue weighted by Gasteiger charge is 2.10. The molecule has 0 aliphatic carbocycles. The van der Waals surface area contributed by atoms with Gasteiger partial charge in [-0.05, 0) is 17.7 Å². The number of ether oxygens (including phenoxy) is 3. The van der Waals surface area contributed by atoms with E-state index in [9.17, 15) is 4.79 Å². The molecule has 2 rings (SSSR count). The van der Waals surface area contributed by atoms with Crippen LogP contribution in [0.15, 0.2) is 24.3 Å². The molecule has 8 nitrogen and oxygen atoms in total. The van der Waals surface area contributed by atoms with Crippen LogP contribution >= 0.6 is 0 Å². The summed E-state index contributed by atoms with van der Waals surface area (Å²) >= 11 is 0. The molecule has 0 amide bonds. The van der Waals surface area contributed by atoms with Crippen LogP contribution in [0.1, 0.15) is 5.56 Å². The summed E-state index contributed by atoms with van der Waals surface area (Å²) in [5.74, 6) is -0.514. The lowest BCUT2D eigenvalue weighted by molar-refractivity contribution is -0.136. The maximum atomic E-state index is 10.7. The lowest BCUT2D eigenvalue weighted by Gasteiger charge is -2.07. The van der Waals surface area contributed by atoms with E-state index in [1.807, 2.05) is 0 Å². The van der Waals surface area contributed by atoms with Crippen LogP contribution in [-0.2, 0) is 11.2 Å². The molecule has 1 aromatic heterocycles. The largest absolute Gasteiger partial charge is 0.481 e. The summed E-state index contributed by atoms with van der Waals surface area (Å²) in [6.45, 7) is 0. The zero-order valence-corrected chi connectivity index (χ0v) is 11.4. The number of methoxy groups -OCH3 is 2. The molecule has 0 saturated heterocycles. The lowest BCUT2D eigenvalue weighted by atomic mass is 10.1. The third kappa shape index (κ3) is 4.03. The van der Waals surface area contributed by atoms with Crippen molar-refractivity contribution < 1.29 is 24.1 Å². The fourth-order valence-electron chi connectivity index (χ4n) is 1.55. The number of aliphatic carboxylic acids is 1. The summed E-state index contributed by atoms with van der Waals surface area (Å²) in [7, 11) is 2.82. The fraction of sp³-hybridized carbons (Fsp3) is 0.231. The van der Waals surface area contributed by atoms with Crippen LogP contribution in [0.25, 0.3) is 0 Å². The Morgan fingerprint density at radius 3 is 2.29 bits per heavy atom. The summed E-state index contributed by atoms with van der Waals surface area (Å²) < 4.78 is 15.3. The van der Waals surface area contributed by atoms with Crippen LogP contribution in [0.5, 0.6) is 23.8 Å². The van der Waals surface area contributed by atoms with E-state index in [1.54, 1.807) is 24.3 Å². The second-order valence-electron chi connectivity index (χ2n) is 3.91. The molecule has 21 heavy (non-hydrogen) atoms. The van der Waals surface area contributed by atoms with Crippen LogP contribution in [0.3, 0.4) is 0 Å². The van der Waals surface area contributed by atoms with Crippen molar-refractivity contribution in [2.75, 3.05) is 14.2 Å². The molecule has 0 spiro atoms. The van der Waals surface area contributed by atoms with Crippen LogP contribution < -0.4 is 14.2 Å². The number of carboxylic acids is 1. The van der Waals surface area contributed by atoms with Gasteiger partial charge in [-0.25, -0.2) is 0 Å². The Balaban J connectivity index is 2.23. The topological polar surface area (TPSA) is 104 Å². The first kappa shape index (κ1) is 14.5. The number of aromatic nitrogens is 3. The molecule has 0 aliphatic rings. The first-order valence-corrected chi connectivity index (χ1v) is 5.93. The van der Waals surface area contributed by atoms with Crippen molar-refractivity contribution in [2.24, 2.45) is 0 Å². The van der Waals surface area contributed by atoms with Crippen molar-refractivity contribution in [3.05, 3.63) is 29.8 Å². The Kier molecular flexibility index (Phi) is 4.50. The molecule has 8 heteroatoms. The first-order valence-electron chi connectivity index (χ1n) is 5.93. The summed E-state index contributed by atoms with van der Waals surface area (Å²) in [6, 6.07) is 6.73. The number of hydrogen-bond donors (Lipinski definition) is 1. The summed E-state index contributed by atoms with van der Waals surface area (Å²) in [4.78, 5) is 22.4. The molecule has 1 N–H and O–H groups in total. The average Bonchev–Trinajstić information content (AvgIpc) is 2.46. The minimum Gasteiger partial charge on any atom is -0.481 e. The second kappa shape index (κ2) is 6.51. The van der Waals surface area contributed by atoms with E-state index in [-0.39, 0.29) is 24.5 Å². The van der Waals surface area contributed by atoms with Gasteiger partial charge in [-0.15, -0.1) is 15.0 Å². The highest BCUT2D eigenvalue weighted by atomic mass is 16.5. The number of nitrogens with zero attached hydrogens (tertiary/aromatic N) is 3. The number of carbonyl (C=O) groups is 1. The van der Waals surface area contributed by atoms with Crippen LogP contribution in [0.4, 0.5) is 0 Å². The molecule has 2 aromatic rings. The first-order chi connectivity index (χ1) is 10.1. The molecule has 0 saturated carbocycles. The smallest absolute Gasteiger partial charge is 0.331 e. The molecule has 1 heterocycles. The Morgan fingerprint density at radius 1 is 1.10 bits per heavy atom. The van der Waals surface area contributed by atoms with Gasteiger partial charge in [0, 0.05) is 0 Å². The van der Waals surface area contributed by atoms with Crippen LogP contribution in [0.2, 0.25) is 0 Å². The Morgan fingerprint density at radius 2 is 1.71 bits per heavy atom. The monoisotopic (exact) mass is 291 g/mol. The third-order valence-corrected chi connectivity index (χ3v) is 2.40. The highest BCUT2D eigenvalue weighted by Crippen LogP contribution is 2.22.